The lowest BCUT2D eigenvalue weighted by atomic mass is 10.2. The molecule has 2 nitrogen and oxygen atoms in total. The highest BCUT2D eigenvalue weighted by atomic mass is 15.1. The zero-order chi connectivity index (χ0) is 10.1. The van der Waals surface area contributed by atoms with Crippen LogP contribution in [0.1, 0.15) is 45.4 Å². The van der Waals surface area contributed by atoms with Crippen molar-refractivity contribution >= 4 is 0 Å². The van der Waals surface area contributed by atoms with E-state index >= 15 is 0 Å². The summed E-state index contributed by atoms with van der Waals surface area (Å²) >= 11 is 0. The Bertz CT molecular complexity index is 113. The molecular weight excluding hydrogens is 172 g/mol. The molecule has 1 heterocycles. The third-order valence-corrected chi connectivity index (χ3v) is 2.95. The van der Waals surface area contributed by atoms with Crippen molar-refractivity contribution in [2.45, 2.75) is 45.4 Å². The second-order valence-electron chi connectivity index (χ2n) is 4.36. The maximum atomic E-state index is 3.52. The topological polar surface area (TPSA) is 15.3 Å². The van der Waals surface area contributed by atoms with Gasteiger partial charge in [0.2, 0.25) is 0 Å². The van der Waals surface area contributed by atoms with Gasteiger partial charge in [-0.15, -0.1) is 0 Å². The van der Waals surface area contributed by atoms with Gasteiger partial charge in [-0.2, -0.15) is 0 Å². The summed E-state index contributed by atoms with van der Waals surface area (Å²) in [4.78, 5) is 2.63. The number of rotatable bonds is 2. The Hall–Kier alpha value is -0.0800. The van der Waals surface area contributed by atoms with E-state index in [2.05, 4.69) is 17.1 Å². The molecule has 0 aromatic carbocycles. The number of nitrogens with zero attached hydrogens (tertiary/aromatic N) is 1. The summed E-state index contributed by atoms with van der Waals surface area (Å²) in [5.41, 5.74) is 0. The zero-order valence-electron chi connectivity index (χ0n) is 9.73. The first kappa shape index (κ1) is 12.0. The summed E-state index contributed by atoms with van der Waals surface area (Å²) in [6.07, 6.45) is 8.22. The van der Waals surface area contributed by atoms with Crippen LogP contribution in [0.15, 0.2) is 0 Å². The lowest BCUT2D eigenvalue weighted by molar-refractivity contribution is 0.266. The van der Waals surface area contributed by atoms with Crippen LogP contribution in [0, 0.1) is 0 Å². The first-order chi connectivity index (χ1) is 6.93. The largest absolute Gasteiger partial charge is 0.317 e. The van der Waals surface area contributed by atoms with Crippen LogP contribution in [-0.2, 0) is 0 Å². The summed E-state index contributed by atoms with van der Waals surface area (Å²) in [6, 6.07) is 0. The Kier molecular flexibility index (Phi) is 7.06. The van der Waals surface area contributed by atoms with Gasteiger partial charge in [0, 0.05) is 0 Å². The molecule has 84 valence electrons. The lowest BCUT2D eigenvalue weighted by Gasteiger charge is -2.21. The molecule has 1 aliphatic rings. The molecule has 0 aromatic heterocycles. The van der Waals surface area contributed by atoms with E-state index in [0.717, 1.165) is 0 Å². The fourth-order valence-corrected chi connectivity index (χ4v) is 2.14. The normalized spacial score (nSPS) is 22.9. The average molecular weight is 198 g/mol. The quantitative estimate of drug-likeness (QED) is 0.732. The van der Waals surface area contributed by atoms with Crippen LogP contribution in [0.3, 0.4) is 0 Å². The lowest BCUT2D eigenvalue weighted by Crippen LogP contribution is -2.29. The second-order valence-corrected chi connectivity index (χ2v) is 4.36. The standard InChI is InChI=1S/C12H26N2/c1-2-10-14-11-6-4-3-5-8-13-9-7-12-14/h13H,2-12H2,1H3. The molecule has 0 atom stereocenters. The maximum absolute atomic E-state index is 3.52. The molecule has 0 aliphatic carbocycles. The molecule has 0 amide bonds. The van der Waals surface area contributed by atoms with Crippen molar-refractivity contribution in [1.29, 1.82) is 0 Å². The predicted molar refractivity (Wildman–Crippen MR) is 62.7 cm³/mol. The minimum Gasteiger partial charge on any atom is -0.317 e. The highest BCUT2D eigenvalue weighted by Gasteiger charge is 2.04. The van der Waals surface area contributed by atoms with Gasteiger partial charge in [-0.05, 0) is 58.4 Å². The molecule has 0 saturated carbocycles. The Morgan fingerprint density at radius 3 is 2.50 bits per heavy atom. The van der Waals surface area contributed by atoms with Crippen molar-refractivity contribution in [3.63, 3.8) is 0 Å². The van der Waals surface area contributed by atoms with Gasteiger partial charge in [0.15, 0.2) is 0 Å². The van der Waals surface area contributed by atoms with Crippen molar-refractivity contribution in [2.75, 3.05) is 32.7 Å². The van der Waals surface area contributed by atoms with E-state index < -0.39 is 0 Å². The second kappa shape index (κ2) is 8.25. The maximum Gasteiger partial charge on any atom is -0.000664 e. The first-order valence-corrected chi connectivity index (χ1v) is 6.36. The van der Waals surface area contributed by atoms with Gasteiger partial charge in [-0.1, -0.05) is 19.8 Å². The smallest absolute Gasteiger partial charge is 0.000664 e. The monoisotopic (exact) mass is 198 g/mol. The SMILES string of the molecule is CCCN1CCCCCCNCCC1. The van der Waals surface area contributed by atoms with Gasteiger partial charge in [-0.25, -0.2) is 0 Å². The molecule has 0 spiro atoms. The summed E-state index contributed by atoms with van der Waals surface area (Å²) in [5, 5.41) is 3.52. The Morgan fingerprint density at radius 1 is 0.929 bits per heavy atom. The van der Waals surface area contributed by atoms with E-state index in [1.807, 2.05) is 0 Å². The number of hydrogen-bond donors (Lipinski definition) is 1. The van der Waals surface area contributed by atoms with Crippen LogP contribution in [0.25, 0.3) is 0 Å². The Morgan fingerprint density at radius 2 is 1.64 bits per heavy atom. The molecular formula is C12H26N2. The summed E-state index contributed by atoms with van der Waals surface area (Å²) in [6.45, 7) is 8.63. The summed E-state index contributed by atoms with van der Waals surface area (Å²) in [5.74, 6) is 0. The van der Waals surface area contributed by atoms with E-state index in [-0.39, 0.29) is 0 Å². The molecule has 14 heavy (non-hydrogen) atoms. The van der Waals surface area contributed by atoms with E-state index in [1.165, 1.54) is 71.2 Å². The average Bonchev–Trinajstić information content (AvgIpc) is 2.24. The van der Waals surface area contributed by atoms with Crippen LogP contribution in [0.2, 0.25) is 0 Å². The van der Waals surface area contributed by atoms with Crippen molar-refractivity contribution in [1.82, 2.24) is 10.2 Å². The summed E-state index contributed by atoms with van der Waals surface area (Å²) < 4.78 is 0. The molecule has 1 saturated heterocycles. The highest BCUT2D eigenvalue weighted by Crippen LogP contribution is 2.04. The van der Waals surface area contributed by atoms with E-state index in [4.69, 9.17) is 0 Å². The highest BCUT2D eigenvalue weighted by molar-refractivity contribution is 4.61. The predicted octanol–water partition coefficient (Wildman–Crippen LogP) is 2.25. The number of hydrogen-bond acceptors (Lipinski definition) is 2. The fourth-order valence-electron chi connectivity index (χ4n) is 2.14. The van der Waals surface area contributed by atoms with Gasteiger partial charge in [-0.3, -0.25) is 0 Å². The van der Waals surface area contributed by atoms with Crippen molar-refractivity contribution in [3.05, 3.63) is 0 Å². The van der Waals surface area contributed by atoms with Crippen LogP contribution < -0.4 is 5.32 Å². The molecule has 1 aliphatic heterocycles. The third kappa shape index (κ3) is 5.61. The molecule has 0 aromatic rings. The van der Waals surface area contributed by atoms with Gasteiger partial charge in [0.25, 0.3) is 0 Å². The van der Waals surface area contributed by atoms with E-state index in [0.29, 0.717) is 0 Å². The molecule has 0 bridgehead atoms. The van der Waals surface area contributed by atoms with Gasteiger partial charge in [0.05, 0.1) is 0 Å². The first-order valence-electron chi connectivity index (χ1n) is 6.36. The van der Waals surface area contributed by atoms with Crippen LogP contribution in [0.5, 0.6) is 0 Å². The summed E-state index contributed by atoms with van der Waals surface area (Å²) in [7, 11) is 0. The molecule has 2 heteroatoms. The molecule has 1 N–H and O–H groups in total. The van der Waals surface area contributed by atoms with Crippen LogP contribution in [0.4, 0.5) is 0 Å². The van der Waals surface area contributed by atoms with Crippen LogP contribution in [-0.4, -0.2) is 37.6 Å². The molecule has 1 fully saturated rings. The van der Waals surface area contributed by atoms with E-state index in [9.17, 15) is 0 Å². The van der Waals surface area contributed by atoms with Gasteiger partial charge in [0.1, 0.15) is 0 Å². The van der Waals surface area contributed by atoms with Crippen molar-refractivity contribution in [3.8, 4) is 0 Å². The fraction of sp³-hybridized carbons (Fsp3) is 1.00. The molecule has 0 unspecified atom stereocenters. The zero-order valence-corrected chi connectivity index (χ0v) is 9.73. The van der Waals surface area contributed by atoms with Crippen LogP contribution >= 0.6 is 0 Å². The number of nitrogens with one attached hydrogen (secondary N) is 1. The Balaban J connectivity index is 2.20. The van der Waals surface area contributed by atoms with Gasteiger partial charge < -0.3 is 10.2 Å². The van der Waals surface area contributed by atoms with Gasteiger partial charge >= 0.3 is 0 Å². The minimum absolute atomic E-state index is 1.21. The Labute approximate surface area is 89.1 Å². The third-order valence-electron chi connectivity index (χ3n) is 2.95. The van der Waals surface area contributed by atoms with Crippen molar-refractivity contribution in [2.24, 2.45) is 0 Å². The molecule has 0 radical (unpaired) electrons. The minimum atomic E-state index is 1.21. The molecule has 1 rings (SSSR count). The van der Waals surface area contributed by atoms with E-state index in [1.54, 1.807) is 0 Å². The van der Waals surface area contributed by atoms with Crippen molar-refractivity contribution < 1.29 is 0 Å².